The number of carbonyl (C=O) groups excluding carboxylic acids is 1. The Hall–Kier alpha value is -1.07. The second kappa shape index (κ2) is 7.27. The lowest BCUT2D eigenvalue weighted by atomic mass is 9.76. The van der Waals surface area contributed by atoms with Crippen molar-refractivity contribution in [3.8, 4) is 5.75 Å². The third-order valence-electron chi connectivity index (χ3n) is 4.09. The van der Waals surface area contributed by atoms with Crippen molar-refractivity contribution in [3.05, 3.63) is 22.7 Å². The number of amides is 1. The largest absolute Gasteiger partial charge is 0.495 e. The average Bonchev–Trinajstić information content (AvgIpc) is 2.49. The molecule has 1 saturated heterocycles. The third-order valence-corrected chi connectivity index (χ3v) is 4.59. The van der Waals surface area contributed by atoms with Gasteiger partial charge in [-0.05, 0) is 44.0 Å². The highest BCUT2D eigenvalue weighted by Crippen LogP contribution is 2.35. The van der Waals surface area contributed by atoms with Gasteiger partial charge in [0.25, 0.3) is 0 Å². The molecule has 1 aromatic rings. The Morgan fingerprint density at radius 2 is 2.33 bits per heavy atom. The molecule has 1 aliphatic rings. The first-order valence-corrected chi connectivity index (χ1v) is 8.26. The minimum absolute atomic E-state index is 0.0907. The number of piperidine rings is 1. The number of methoxy groups -OCH3 is 1. The Balaban J connectivity index is 2.20. The fraction of sp³-hybridized carbons (Fsp3) is 0.562. The molecule has 116 valence electrons. The molecule has 2 N–H and O–H groups in total. The van der Waals surface area contributed by atoms with Crippen LogP contribution >= 0.6 is 15.9 Å². The summed E-state index contributed by atoms with van der Waals surface area (Å²) in [7, 11) is 1.61. The summed E-state index contributed by atoms with van der Waals surface area (Å²) in [6.45, 7) is 3.88. The van der Waals surface area contributed by atoms with Crippen molar-refractivity contribution < 1.29 is 9.53 Å². The predicted molar refractivity (Wildman–Crippen MR) is 88.8 cm³/mol. The average molecular weight is 355 g/mol. The Bertz CT molecular complexity index is 494. The van der Waals surface area contributed by atoms with Crippen LogP contribution in [0.25, 0.3) is 0 Å². The second-order valence-electron chi connectivity index (χ2n) is 5.61. The molecule has 0 spiro atoms. The normalized spacial score (nSPS) is 21.9. The van der Waals surface area contributed by atoms with Crippen LogP contribution in [0.5, 0.6) is 5.75 Å². The van der Waals surface area contributed by atoms with Gasteiger partial charge in [-0.3, -0.25) is 4.79 Å². The molecule has 0 saturated carbocycles. The maximum Gasteiger partial charge on any atom is 0.231 e. The summed E-state index contributed by atoms with van der Waals surface area (Å²) in [5.41, 5.74) is 0.415. The molecule has 0 aliphatic carbocycles. The molecule has 1 aliphatic heterocycles. The van der Waals surface area contributed by atoms with E-state index in [2.05, 4.69) is 33.5 Å². The highest BCUT2D eigenvalue weighted by atomic mass is 79.9. The number of ether oxygens (including phenoxy) is 1. The number of carbonyl (C=O) groups is 1. The van der Waals surface area contributed by atoms with Gasteiger partial charge in [-0.2, -0.15) is 0 Å². The van der Waals surface area contributed by atoms with Crippen molar-refractivity contribution in [1.82, 2.24) is 5.32 Å². The van der Waals surface area contributed by atoms with Crippen LogP contribution in [-0.4, -0.2) is 26.1 Å². The minimum Gasteiger partial charge on any atom is -0.495 e. The molecule has 5 heteroatoms. The third kappa shape index (κ3) is 3.77. The van der Waals surface area contributed by atoms with Gasteiger partial charge >= 0.3 is 0 Å². The van der Waals surface area contributed by atoms with Gasteiger partial charge in [0.1, 0.15) is 5.75 Å². The molecule has 1 amide bonds. The van der Waals surface area contributed by atoms with E-state index in [4.69, 9.17) is 4.74 Å². The SMILES string of the molecule is CCCC1(C(=O)Nc2cc(Br)ccc2OC)CCCNC1. The first kappa shape index (κ1) is 16.3. The summed E-state index contributed by atoms with van der Waals surface area (Å²) in [6.07, 6.45) is 3.89. The molecule has 0 aromatic heterocycles. The summed E-state index contributed by atoms with van der Waals surface area (Å²) >= 11 is 3.44. The molecule has 1 atom stereocenters. The Morgan fingerprint density at radius 3 is 2.95 bits per heavy atom. The summed E-state index contributed by atoms with van der Waals surface area (Å²) in [5.74, 6) is 0.773. The van der Waals surface area contributed by atoms with Crippen molar-refractivity contribution in [2.24, 2.45) is 5.41 Å². The predicted octanol–water partition coefficient (Wildman–Crippen LogP) is 3.57. The maximum absolute atomic E-state index is 12.8. The number of nitrogens with one attached hydrogen (secondary N) is 2. The Kier molecular flexibility index (Phi) is 5.65. The van der Waals surface area contributed by atoms with Crippen LogP contribution in [0, 0.1) is 5.41 Å². The summed E-state index contributed by atoms with van der Waals surface area (Å²) in [4.78, 5) is 12.8. The molecule has 2 rings (SSSR count). The quantitative estimate of drug-likeness (QED) is 0.849. The van der Waals surface area contributed by atoms with Crippen LogP contribution in [0.15, 0.2) is 22.7 Å². The maximum atomic E-state index is 12.8. The van der Waals surface area contributed by atoms with E-state index in [9.17, 15) is 4.79 Å². The number of benzene rings is 1. The van der Waals surface area contributed by atoms with Crippen molar-refractivity contribution in [2.75, 3.05) is 25.5 Å². The molecule has 1 heterocycles. The first-order chi connectivity index (χ1) is 10.1. The van der Waals surface area contributed by atoms with E-state index in [1.54, 1.807) is 7.11 Å². The van der Waals surface area contributed by atoms with E-state index in [-0.39, 0.29) is 11.3 Å². The van der Waals surface area contributed by atoms with E-state index in [0.717, 1.165) is 48.9 Å². The van der Waals surface area contributed by atoms with Crippen LogP contribution < -0.4 is 15.4 Å². The number of hydrogen-bond donors (Lipinski definition) is 2. The van der Waals surface area contributed by atoms with E-state index in [0.29, 0.717) is 5.75 Å². The smallest absolute Gasteiger partial charge is 0.231 e. The molecular formula is C16H23BrN2O2. The van der Waals surface area contributed by atoms with E-state index >= 15 is 0 Å². The summed E-state index contributed by atoms with van der Waals surface area (Å²) < 4.78 is 6.25. The fourth-order valence-electron chi connectivity index (χ4n) is 3.00. The van der Waals surface area contributed by atoms with Gasteiger partial charge in [0, 0.05) is 11.0 Å². The molecule has 1 fully saturated rings. The van der Waals surface area contributed by atoms with E-state index < -0.39 is 0 Å². The Morgan fingerprint density at radius 1 is 1.52 bits per heavy atom. The highest BCUT2D eigenvalue weighted by molar-refractivity contribution is 9.10. The Labute approximate surface area is 134 Å². The molecule has 1 unspecified atom stereocenters. The topological polar surface area (TPSA) is 50.4 Å². The van der Waals surface area contributed by atoms with Gasteiger partial charge in [-0.15, -0.1) is 0 Å². The molecule has 0 bridgehead atoms. The lowest BCUT2D eigenvalue weighted by Gasteiger charge is -2.36. The van der Waals surface area contributed by atoms with Crippen LogP contribution in [-0.2, 0) is 4.79 Å². The summed E-state index contributed by atoms with van der Waals surface area (Å²) in [6, 6.07) is 5.64. The van der Waals surface area contributed by atoms with Crippen molar-refractivity contribution in [2.45, 2.75) is 32.6 Å². The lowest BCUT2D eigenvalue weighted by molar-refractivity contribution is -0.127. The lowest BCUT2D eigenvalue weighted by Crippen LogP contribution is -2.48. The second-order valence-corrected chi connectivity index (χ2v) is 6.53. The monoisotopic (exact) mass is 354 g/mol. The number of rotatable bonds is 5. The van der Waals surface area contributed by atoms with Crippen LogP contribution in [0.1, 0.15) is 32.6 Å². The minimum atomic E-state index is -0.305. The molecular weight excluding hydrogens is 332 g/mol. The number of halogens is 1. The van der Waals surface area contributed by atoms with Gasteiger partial charge in [0.15, 0.2) is 0 Å². The van der Waals surface area contributed by atoms with Gasteiger partial charge in [-0.25, -0.2) is 0 Å². The fourth-order valence-corrected chi connectivity index (χ4v) is 3.36. The number of anilines is 1. The highest BCUT2D eigenvalue weighted by Gasteiger charge is 2.38. The standard InChI is InChI=1S/C16H23BrN2O2/c1-3-7-16(8-4-9-18-11-16)15(20)19-13-10-12(17)5-6-14(13)21-2/h5-6,10,18H,3-4,7-9,11H2,1-2H3,(H,19,20). The molecule has 21 heavy (non-hydrogen) atoms. The number of hydrogen-bond acceptors (Lipinski definition) is 3. The zero-order chi connectivity index (χ0) is 15.3. The van der Waals surface area contributed by atoms with Crippen molar-refractivity contribution in [1.29, 1.82) is 0 Å². The first-order valence-electron chi connectivity index (χ1n) is 7.47. The van der Waals surface area contributed by atoms with Gasteiger partial charge < -0.3 is 15.4 Å². The molecule has 0 radical (unpaired) electrons. The van der Waals surface area contributed by atoms with Crippen LogP contribution in [0.3, 0.4) is 0 Å². The van der Waals surface area contributed by atoms with Gasteiger partial charge in [0.05, 0.1) is 18.2 Å². The van der Waals surface area contributed by atoms with Crippen molar-refractivity contribution in [3.63, 3.8) is 0 Å². The summed E-state index contributed by atoms with van der Waals surface area (Å²) in [5, 5.41) is 6.43. The zero-order valence-corrected chi connectivity index (χ0v) is 14.3. The van der Waals surface area contributed by atoms with Gasteiger partial charge in [0.2, 0.25) is 5.91 Å². The van der Waals surface area contributed by atoms with Gasteiger partial charge in [-0.1, -0.05) is 29.3 Å². The van der Waals surface area contributed by atoms with E-state index in [1.165, 1.54) is 0 Å². The zero-order valence-electron chi connectivity index (χ0n) is 12.7. The van der Waals surface area contributed by atoms with E-state index in [1.807, 2.05) is 18.2 Å². The molecule has 4 nitrogen and oxygen atoms in total. The van der Waals surface area contributed by atoms with Crippen LogP contribution in [0.2, 0.25) is 0 Å². The van der Waals surface area contributed by atoms with Crippen molar-refractivity contribution >= 4 is 27.5 Å². The molecule has 1 aromatic carbocycles. The van der Waals surface area contributed by atoms with Crippen LogP contribution in [0.4, 0.5) is 5.69 Å².